The third-order valence-corrected chi connectivity index (χ3v) is 24.0. The number of benzene rings is 8. The summed E-state index contributed by atoms with van der Waals surface area (Å²) in [6, 6.07) is 73.4. The Morgan fingerprint density at radius 3 is 1.36 bits per heavy atom. The van der Waals surface area contributed by atoms with Crippen LogP contribution in [-0.4, -0.2) is 190 Å². The Bertz CT molecular complexity index is 4900. The topological polar surface area (TPSA) is 336 Å². The quantitative estimate of drug-likeness (QED) is 0.0106. The lowest BCUT2D eigenvalue weighted by Crippen LogP contribution is -2.49. The average molecular weight is 1650 g/mol. The molecule has 2 aromatic heterocycles. The van der Waals surface area contributed by atoms with Gasteiger partial charge in [-0.05, 0) is 192 Å². The molecule has 0 spiro atoms. The zero-order valence-electron chi connectivity index (χ0n) is 71.1. The van der Waals surface area contributed by atoms with Crippen molar-refractivity contribution in [3.05, 3.63) is 287 Å². The first-order valence-corrected chi connectivity index (χ1v) is 43.8. The first-order chi connectivity index (χ1) is 59.5. The molecule has 14 rings (SSSR count). The summed E-state index contributed by atoms with van der Waals surface area (Å²) < 4.78 is 3.64. The Hall–Kier alpha value is -11.7. The molecule has 4 fully saturated rings. The largest absolute Gasteiger partial charge is 0.370 e. The van der Waals surface area contributed by atoms with E-state index in [1.54, 1.807) is 10.9 Å². The summed E-state index contributed by atoms with van der Waals surface area (Å²) in [5, 5.41) is 31.0. The van der Waals surface area contributed by atoms with Crippen molar-refractivity contribution in [2.45, 2.75) is 165 Å². The number of fused-ring (bicyclic) bond motifs is 1. The van der Waals surface area contributed by atoms with Crippen LogP contribution in [0.15, 0.2) is 236 Å². The van der Waals surface area contributed by atoms with Crippen LogP contribution in [0.25, 0.3) is 22.1 Å². The molecule has 10 aromatic rings. The van der Waals surface area contributed by atoms with Crippen molar-refractivity contribution in [3.8, 4) is 11.4 Å². The molecular weight excluding hydrogens is 1530 g/mol. The van der Waals surface area contributed by atoms with Gasteiger partial charge in [-0.15, -0.1) is 0 Å². The number of guanidine groups is 1. The number of carbonyl (C=O) groups excluding carboxylic acids is 6. The van der Waals surface area contributed by atoms with Crippen LogP contribution in [0.5, 0.6) is 0 Å². The molecule has 6 atom stereocenters. The Balaban J connectivity index is 0.000000168. The van der Waals surface area contributed by atoms with E-state index in [9.17, 15) is 28.8 Å². The van der Waals surface area contributed by atoms with Gasteiger partial charge in [0.1, 0.15) is 0 Å². The molecule has 1 saturated carbocycles. The first kappa shape index (κ1) is 89.6. The van der Waals surface area contributed by atoms with E-state index in [2.05, 4.69) is 95.6 Å². The van der Waals surface area contributed by atoms with Crippen molar-refractivity contribution in [1.29, 1.82) is 0 Å². The van der Waals surface area contributed by atoms with Crippen LogP contribution in [0.2, 0.25) is 0 Å². The van der Waals surface area contributed by atoms with Crippen LogP contribution < -0.4 is 54.8 Å². The number of rotatable bonds is 32. The standard InChI is InChI=1S/C35H42N6O2.C34H40N6O2.C29H42N6O2/c1-25-22-26(2)41(39-25)31-17-15-29(16-18-31)34(42)37-23-30-19-21-40(35(43)33(38-30)14-9-20-36)24-32(27-10-5-3-6-11-27)28-12-7-4-8-13-28;1-25-30(23-37-40(25)29-16-9-4-10-17-29)33(41)36-22-28-19-21-39(34(42)32(38-28)18-11-20-35)24-31(26-12-5-2-6-13-26)27-14-7-3-8-15-27;30-29(31)32-16-6-11-26-28(37)35(17-14-21-7-2-1-3-8-21)18-15-25(34-26)20-33-27(36)24-13-12-22-9-4-5-10-23(22)19-24/h3-8,10-13,15-18,22,30,32-33,38H,9,14,19-21,23-24,36H2,1-2H3,(H,37,42);2-10,12-17,23,28,31-32,38H,11,18-22,24,35H2,1H3,(H,36,41);4-5,9-10,12-13,19,21,25-26,34H,1-3,6-8,11,14-18,20H2,(H,33,36)(H4,30,31,32)/t30-,33-;28-,32-;25-,26-/m000/s1. The Morgan fingerprint density at radius 1 is 0.459 bits per heavy atom. The fraction of sp³-hybridized carbons (Fsp3) is 0.398. The van der Waals surface area contributed by atoms with Gasteiger partial charge in [0, 0.05) is 112 Å². The van der Waals surface area contributed by atoms with Gasteiger partial charge < -0.3 is 69.5 Å². The summed E-state index contributed by atoms with van der Waals surface area (Å²) in [5.74, 6) is 0.871. The van der Waals surface area contributed by atoms with Gasteiger partial charge in [-0.1, -0.05) is 202 Å². The number of aryl methyl sites for hydroxylation is 2. The fourth-order valence-corrected chi connectivity index (χ4v) is 17.3. The fourth-order valence-electron chi connectivity index (χ4n) is 17.3. The molecule has 0 bridgehead atoms. The number of aromatic nitrogens is 4. The number of hydrogen-bond acceptors (Lipinski definition) is 14. The highest BCUT2D eigenvalue weighted by Crippen LogP contribution is 2.32. The van der Waals surface area contributed by atoms with Gasteiger partial charge in [0.25, 0.3) is 17.7 Å². The van der Waals surface area contributed by atoms with Gasteiger partial charge in [-0.25, -0.2) is 9.36 Å². The van der Waals surface area contributed by atoms with Crippen LogP contribution >= 0.6 is 0 Å². The number of aliphatic imine (C=N–C) groups is 1. The third kappa shape index (κ3) is 25.5. The second kappa shape index (κ2) is 45.8. The molecule has 14 N–H and O–H groups in total. The smallest absolute Gasteiger partial charge is 0.254 e. The van der Waals surface area contributed by atoms with E-state index >= 15 is 0 Å². The van der Waals surface area contributed by atoms with Gasteiger partial charge >= 0.3 is 0 Å². The number of nitrogens with two attached hydrogens (primary N) is 4. The molecule has 1 aliphatic carbocycles. The lowest BCUT2D eigenvalue weighted by molar-refractivity contribution is -0.133. The molecular formula is C98H124N18O6. The van der Waals surface area contributed by atoms with Gasteiger partial charge in [0.15, 0.2) is 5.96 Å². The number of nitrogens with zero attached hydrogens (tertiary/aromatic N) is 8. The third-order valence-electron chi connectivity index (χ3n) is 24.0. The molecule has 0 radical (unpaired) electrons. The van der Waals surface area contributed by atoms with E-state index in [1.165, 1.54) is 54.4 Å². The van der Waals surface area contributed by atoms with Gasteiger partial charge in [-0.3, -0.25) is 33.8 Å². The van der Waals surface area contributed by atoms with E-state index in [-0.39, 0.29) is 89.5 Å². The van der Waals surface area contributed by atoms with Crippen molar-refractivity contribution in [2.75, 3.05) is 78.5 Å². The normalized spacial score (nSPS) is 18.4. The zero-order chi connectivity index (χ0) is 85.5. The van der Waals surface area contributed by atoms with E-state index in [0.717, 1.165) is 90.2 Å². The van der Waals surface area contributed by atoms with E-state index in [1.807, 2.05) is 216 Å². The molecule has 24 nitrogen and oxygen atoms in total. The summed E-state index contributed by atoms with van der Waals surface area (Å²) >= 11 is 0. The van der Waals surface area contributed by atoms with E-state index < -0.39 is 0 Å². The lowest BCUT2D eigenvalue weighted by atomic mass is 9.87. The summed E-state index contributed by atoms with van der Waals surface area (Å²) in [5.41, 5.74) is 33.7. The molecule has 8 aromatic carbocycles. The Labute approximate surface area is 718 Å². The predicted molar refractivity (Wildman–Crippen MR) is 485 cm³/mol. The van der Waals surface area contributed by atoms with Crippen molar-refractivity contribution < 1.29 is 28.8 Å². The molecule has 0 unspecified atom stereocenters. The highest BCUT2D eigenvalue weighted by atomic mass is 16.2. The molecule has 5 heterocycles. The molecule has 3 saturated heterocycles. The molecule has 122 heavy (non-hydrogen) atoms. The Morgan fingerprint density at radius 2 is 0.885 bits per heavy atom. The number of carbonyl (C=O) groups is 6. The summed E-state index contributed by atoms with van der Waals surface area (Å²) in [4.78, 5) is 90.5. The maximum Gasteiger partial charge on any atom is 0.254 e. The lowest BCUT2D eigenvalue weighted by Gasteiger charge is -2.29. The Kier molecular flexibility index (Phi) is 33.6. The van der Waals surface area contributed by atoms with Crippen LogP contribution in [0, 0.1) is 26.7 Å². The summed E-state index contributed by atoms with van der Waals surface area (Å²) in [7, 11) is 0. The maximum absolute atomic E-state index is 13.9. The van der Waals surface area contributed by atoms with Gasteiger partial charge in [0.05, 0.1) is 52.6 Å². The monoisotopic (exact) mass is 1650 g/mol. The number of hydrogen-bond donors (Lipinski definition) is 10. The van der Waals surface area contributed by atoms with Crippen molar-refractivity contribution in [2.24, 2.45) is 33.8 Å². The van der Waals surface area contributed by atoms with Crippen LogP contribution in [0.4, 0.5) is 0 Å². The second-order valence-electron chi connectivity index (χ2n) is 32.8. The molecule has 6 amide bonds. The second-order valence-corrected chi connectivity index (χ2v) is 32.8. The van der Waals surface area contributed by atoms with Crippen molar-refractivity contribution >= 4 is 52.2 Å². The average Bonchev–Trinajstić information content (AvgIpc) is 1.57. The molecule has 24 heteroatoms. The highest BCUT2D eigenvalue weighted by Gasteiger charge is 2.36. The minimum Gasteiger partial charge on any atom is -0.370 e. The molecule has 4 aliphatic rings. The predicted octanol–water partition coefficient (Wildman–Crippen LogP) is 11.5. The number of para-hydroxylation sites is 1. The minimum atomic E-state index is -0.354. The number of amides is 6. The van der Waals surface area contributed by atoms with Gasteiger partial charge in [-0.2, -0.15) is 10.2 Å². The summed E-state index contributed by atoms with van der Waals surface area (Å²) in [6.07, 6.45) is 15.7. The maximum atomic E-state index is 13.9. The van der Waals surface area contributed by atoms with E-state index in [4.69, 9.17) is 22.9 Å². The molecule has 642 valence electrons. The first-order valence-electron chi connectivity index (χ1n) is 43.8. The minimum absolute atomic E-state index is 0.0149. The number of nitrogens with one attached hydrogen (secondary N) is 6. The van der Waals surface area contributed by atoms with Crippen molar-refractivity contribution in [3.63, 3.8) is 0 Å². The van der Waals surface area contributed by atoms with Gasteiger partial charge in [0.2, 0.25) is 17.7 Å². The highest BCUT2D eigenvalue weighted by molar-refractivity contribution is 5.99. The van der Waals surface area contributed by atoms with E-state index in [0.29, 0.717) is 114 Å². The van der Waals surface area contributed by atoms with Crippen LogP contribution in [0.3, 0.4) is 0 Å². The van der Waals surface area contributed by atoms with Crippen molar-refractivity contribution in [1.82, 2.24) is 66.2 Å². The summed E-state index contributed by atoms with van der Waals surface area (Å²) in [6.45, 7) is 12.6. The zero-order valence-corrected chi connectivity index (χ0v) is 71.1. The SMILES string of the molecule is Cc1c(C(=O)NC[C@@H]2CCN(CC(c3ccccc3)c3ccccc3)C(=O)[C@H](CCCN)N2)cnn1-c1ccccc1.Cc1cc(C)n(-c2ccc(C(=O)NC[C@@H]3CCN(CC(c4ccccc4)c4ccccc4)C(=O)[C@H](CCCN)N3)cc2)n1.NC(N)=NCCC[C@@H]1N[C@H](CNC(=O)c2ccc3ccccc3c2)CCN(CCC2CCCCC2)C1=O. The van der Waals surface area contributed by atoms with Crippen LogP contribution in [-0.2, 0) is 14.4 Å². The molecule has 3 aliphatic heterocycles. The van der Waals surface area contributed by atoms with Crippen LogP contribution in [0.1, 0.15) is 179 Å².